The number of carbonyl (C=O) groups excluding carboxylic acids is 1. The number of nitrogens with one attached hydrogen (secondary N) is 3. The number of thiocarbonyl (C=S) groups is 1. The van der Waals surface area contributed by atoms with E-state index in [1.165, 1.54) is 0 Å². The van der Waals surface area contributed by atoms with Gasteiger partial charge in [-0.15, -0.1) is 0 Å². The molecule has 0 aromatic rings. The van der Waals surface area contributed by atoms with E-state index < -0.39 is 0 Å². The molecule has 0 aliphatic carbocycles. The number of nitrogens with two attached hydrogens (primary N) is 1. The number of carbonyl (C=O) groups is 1. The third-order valence-corrected chi connectivity index (χ3v) is 4.51. The standard InChI is InChI=1S/C18H36N4O4S/c1-15-16(22-18(27)21-15)5-3-2-4-6-17(23)20-8-10-25-12-14-26-13-11-24-9-7-19/h15-16H,2-14,19H2,1H3,(H,20,23)(H2,21,22,27)/t15-,16+/m0/s1. The van der Waals surface area contributed by atoms with Crippen molar-refractivity contribution in [1.29, 1.82) is 0 Å². The van der Waals surface area contributed by atoms with Crippen LogP contribution in [0.3, 0.4) is 0 Å². The van der Waals surface area contributed by atoms with Crippen molar-refractivity contribution >= 4 is 23.2 Å². The predicted octanol–water partition coefficient (Wildman–Crippen LogP) is 0.296. The van der Waals surface area contributed by atoms with Crippen molar-refractivity contribution < 1.29 is 19.0 Å². The molecule has 0 radical (unpaired) electrons. The largest absolute Gasteiger partial charge is 0.378 e. The minimum Gasteiger partial charge on any atom is -0.378 e. The molecule has 1 fully saturated rings. The Morgan fingerprint density at radius 3 is 2.33 bits per heavy atom. The highest BCUT2D eigenvalue weighted by Gasteiger charge is 2.24. The van der Waals surface area contributed by atoms with Gasteiger partial charge in [-0.1, -0.05) is 12.8 Å². The molecule has 2 atom stereocenters. The minimum absolute atomic E-state index is 0.0853. The smallest absolute Gasteiger partial charge is 0.220 e. The molecule has 0 aromatic carbocycles. The second kappa shape index (κ2) is 16.0. The van der Waals surface area contributed by atoms with E-state index in [1.54, 1.807) is 0 Å². The summed E-state index contributed by atoms with van der Waals surface area (Å²) in [7, 11) is 0. The summed E-state index contributed by atoms with van der Waals surface area (Å²) >= 11 is 5.11. The van der Waals surface area contributed by atoms with Gasteiger partial charge in [0.2, 0.25) is 5.91 Å². The topological polar surface area (TPSA) is 107 Å². The lowest BCUT2D eigenvalue weighted by Crippen LogP contribution is -2.30. The minimum atomic E-state index is 0.0853. The van der Waals surface area contributed by atoms with E-state index in [-0.39, 0.29) is 5.91 Å². The number of hydrogen-bond acceptors (Lipinski definition) is 6. The maximum atomic E-state index is 11.8. The van der Waals surface area contributed by atoms with Crippen LogP contribution in [-0.2, 0) is 19.0 Å². The summed E-state index contributed by atoms with van der Waals surface area (Å²) in [6.07, 6.45) is 4.70. The lowest BCUT2D eigenvalue weighted by atomic mass is 10.0. The predicted molar refractivity (Wildman–Crippen MR) is 110 cm³/mol. The molecule has 1 heterocycles. The molecule has 0 saturated carbocycles. The highest BCUT2D eigenvalue weighted by atomic mass is 32.1. The Labute approximate surface area is 168 Å². The number of ether oxygens (including phenoxy) is 3. The molecule has 1 amide bonds. The van der Waals surface area contributed by atoms with Gasteiger partial charge in [0.25, 0.3) is 0 Å². The van der Waals surface area contributed by atoms with E-state index in [4.69, 9.17) is 32.2 Å². The zero-order chi connectivity index (χ0) is 19.7. The maximum absolute atomic E-state index is 11.8. The van der Waals surface area contributed by atoms with Crippen molar-refractivity contribution in [3.8, 4) is 0 Å². The Morgan fingerprint density at radius 1 is 1.04 bits per heavy atom. The van der Waals surface area contributed by atoms with Crippen LogP contribution >= 0.6 is 12.2 Å². The molecule has 1 aliphatic rings. The van der Waals surface area contributed by atoms with Crippen LogP contribution in [0.1, 0.15) is 39.0 Å². The van der Waals surface area contributed by atoms with Gasteiger partial charge in [0.15, 0.2) is 5.11 Å². The zero-order valence-corrected chi connectivity index (χ0v) is 17.3. The zero-order valence-electron chi connectivity index (χ0n) is 16.5. The number of rotatable bonds is 17. The summed E-state index contributed by atoms with van der Waals surface area (Å²) < 4.78 is 15.9. The van der Waals surface area contributed by atoms with Crippen LogP contribution in [-0.4, -0.2) is 75.8 Å². The van der Waals surface area contributed by atoms with Crippen molar-refractivity contribution in [2.75, 3.05) is 52.7 Å². The van der Waals surface area contributed by atoms with E-state index in [0.717, 1.165) is 30.8 Å². The quantitative estimate of drug-likeness (QED) is 0.203. The van der Waals surface area contributed by atoms with E-state index >= 15 is 0 Å². The highest BCUT2D eigenvalue weighted by molar-refractivity contribution is 7.80. The third kappa shape index (κ3) is 12.9. The molecule has 1 rings (SSSR count). The van der Waals surface area contributed by atoms with Crippen LogP contribution in [0.15, 0.2) is 0 Å². The molecule has 1 saturated heterocycles. The number of unbranched alkanes of at least 4 members (excludes halogenated alkanes) is 2. The first-order valence-corrected chi connectivity index (χ1v) is 10.3. The summed E-state index contributed by atoms with van der Waals surface area (Å²) in [6, 6.07) is 0.793. The second-order valence-electron chi connectivity index (χ2n) is 6.59. The molecule has 0 spiro atoms. The first-order chi connectivity index (χ1) is 13.1. The van der Waals surface area contributed by atoms with Gasteiger partial charge in [-0.25, -0.2) is 0 Å². The van der Waals surface area contributed by atoms with E-state index in [9.17, 15) is 4.79 Å². The van der Waals surface area contributed by atoms with Crippen LogP contribution in [0, 0.1) is 0 Å². The lowest BCUT2D eigenvalue weighted by Gasteiger charge is -2.14. The molecule has 0 aromatic heterocycles. The van der Waals surface area contributed by atoms with Crippen molar-refractivity contribution in [3.63, 3.8) is 0 Å². The van der Waals surface area contributed by atoms with Gasteiger partial charge >= 0.3 is 0 Å². The maximum Gasteiger partial charge on any atom is 0.220 e. The van der Waals surface area contributed by atoms with Gasteiger partial charge in [-0.05, 0) is 32.0 Å². The third-order valence-electron chi connectivity index (χ3n) is 4.27. The van der Waals surface area contributed by atoms with Crippen LogP contribution in [0.4, 0.5) is 0 Å². The SMILES string of the molecule is C[C@@H]1NC(=S)N[C@@H]1CCCCCC(=O)NCCOCCOCCOCCN. The van der Waals surface area contributed by atoms with Gasteiger partial charge < -0.3 is 35.9 Å². The fourth-order valence-corrected chi connectivity index (χ4v) is 3.10. The van der Waals surface area contributed by atoms with Crippen LogP contribution in [0.2, 0.25) is 0 Å². The number of amides is 1. The van der Waals surface area contributed by atoms with Crippen molar-refractivity contribution in [2.45, 2.75) is 51.1 Å². The Balaban J connectivity index is 1.80. The van der Waals surface area contributed by atoms with Crippen LogP contribution < -0.4 is 21.7 Å². The van der Waals surface area contributed by atoms with Gasteiger partial charge in [-0.3, -0.25) is 4.79 Å². The van der Waals surface area contributed by atoms with Crippen molar-refractivity contribution in [1.82, 2.24) is 16.0 Å². The van der Waals surface area contributed by atoms with Gasteiger partial charge in [-0.2, -0.15) is 0 Å². The van der Waals surface area contributed by atoms with E-state index in [2.05, 4.69) is 22.9 Å². The Hall–Kier alpha value is -1.00. The molecule has 5 N–H and O–H groups in total. The fourth-order valence-electron chi connectivity index (χ4n) is 2.77. The first kappa shape index (κ1) is 24.0. The van der Waals surface area contributed by atoms with Gasteiger partial charge in [0, 0.05) is 31.6 Å². The van der Waals surface area contributed by atoms with Crippen LogP contribution in [0.5, 0.6) is 0 Å². The average Bonchev–Trinajstić information content (AvgIpc) is 2.96. The van der Waals surface area contributed by atoms with Crippen molar-refractivity contribution in [3.05, 3.63) is 0 Å². The summed E-state index contributed by atoms with van der Waals surface area (Å²) in [5.74, 6) is 0.0853. The molecule has 1 aliphatic heterocycles. The Kier molecular flexibility index (Phi) is 14.2. The molecule has 27 heavy (non-hydrogen) atoms. The monoisotopic (exact) mass is 404 g/mol. The lowest BCUT2D eigenvalue weighted by molar-refractivity contribution is -0.121. The molecule has 158 valence electrons. The Morgan fingerprint density at radius 2 is 1.70 bits per heavy atom. The van der Waals surface area contributed by atoms with Gasteiger partial charge in [0.05, 0.1) is 39.6 Å². The van der Waals surface area contributed by atoms with E-state index in [0.29, 0.717) is 71.2 Å². The summed E-state index contributed by atoms with van der Waals surface area (Å²) in [5.41, 5.74) is 5.31. The molecular formula is C18H36N4O4S. The molecule has 9 heteroatoms. The molecule has 0 unspecified atom stereocenters. The molecule has 8 nitrogen and oxygen atoms in total. The Bertz CT molecular complexity index is 415. The normalized spacial score (nSPS) is 19.0. The summed E-state index contributed by atoms with van der Waals surface area (Å²) in [5, 5.41) is 10.1. The summed E-state index contributed by atoms with van der Waals surface area (Å²) in [4.78, 5) is 11.8. The van der Waals surface area contributed by atoms with Crippen LogP contribution in [0.25, 0.3) is 0 Å². The first-order valence-electron chi connectivity index (χ1n) is 9.90. The second-order valence-corrected chi connectivity index (χ2v) is 7.00. The fraction of sp³-hybridized carbons (Fsp3) is 0.889. The molecule has 0 bridgehead atoms. The average molecular weight is 405 g/mol. The molecular weight excluding hydrogens is 368 g/mol. The summed E-state index contributed by atoms with van der Waals surface area (Å²) in [6.45, 7) is 6.38. The van der Waals surface area contributed by atoms with Gasteiger partial charge in [0.1, 0.15) is 0 Å². The number of hydrogen-bond donors (Lipinski definition) is 4. The highest BCUT2D eigenvalue weighted by Crippen LogP contribution is 2.11. The van der Waals surface area contributed by atoms with Crippen molar-refractivity contribution in [2.24, 2.45) is 5.73 Å². The van der Waals surface area contributed by atoms with E-state index in [1.807, 2.05) is 0 Å².